The van der Waals surface area contributed by atoms with E-state index in [1.807, 2.05) is 49.4 Å². The smallest absolute Gasteiger partial charge is 0.227 e. The van der Waals surface area contributed by atoms with Gasteiger partial charge >= 0.3 is 0 Å². The third-order valence-electron chi connectivity index (χ3n) is 5.57. The third-order valence-corrected chi connectivity index (χ3v) is 6.24. The maximum atomic E-state index is 13.0. The van der Waals surface area contributed by atoms with Gasteiger partial charge in [-0.2, -0.15) is 0 Å². The molecule has 1 heterocycles. The highest BCUT2D eigenvalue weighted by Crippen LogP contribution is 2.21. The molecule has 1 fully saturated rings. The monoisotopic (exact) mass is 429 g/mol. The topological polar surface area (TPSA) is 78.5 Å². The van der Waals surface area contributed by atoms with Gasteiger partial charge in [-0.3, -0.25) is 4.79 Å². The van der Waals surface area contributed by atoms with Crippen molar-refractivity contribution in [2.24, 2.45) is 0 Å². The number of benzene rings is 2. The molecule has 0 bridgehead atoms. The molecular formula is C23H31N3O3S. The first kappa shape index (κ1) is 22.5. The number of hydrogen-bond acceptors (Lipinski definition) is 4. The molecule has 2 atom stereocenters. The predicted molar refractivity (Wildman–Crippen MR) is 120 cm³/mol. The third kappa shape index (κ3) is 6.65. The second-order valence-electron chi connectivity index (χ2n) is 8.04. The number of rotatable bonds is 9. The van der Waals surface area contributed by atoms with Gasteiger partial charge in [-0.15, -0.1) is 0 Å². The van der Waals surface area contributed by atoms with Crippen LogP contribution in [-0.2, 0) is 21.4 Å². The van der Waals surface area contributed by atoms with Gasteiger partial charge in [-0.05, 0) is 49.5 Å². The zero-order valence-electron chi connectivity index (χ0n) is 17.7. The van der Waals surface area contributed by atoms with E-state index >= 15 is 0 Å². The summed E-state index contributed by atoms with van der Waals surface area (Å²) in [6.45, 7) is 5.12. The summed E-state index contributed by atoms with van der Waals surface area (Å²) in [6, 6.07) is 17.6. The van der Waals surface area contributed by atoms with Gasteiger partial charge in [0, 0.05) is 13.1 Å². The Hall–Kier alpha value is -2.22. The lowest BCUT2D eigenvalue weighted by molar-refractivity contribution is -0.123. The zero-order chi connectivity index (χ0) is 21.6. The summed E-state index contributed by atoms with van der Waals surface area (Å²) >= 11 is 0. The quantitative estimate of drug-likeness (QED) is 0.643. The fourth-order valence-corrected chi connectivity index (χ4v) is 4.16. The molecule has 2 aromatic rings. The first-order valence-corrected chi connectivity index (χ1v) is 12.3. The molecular weight excluding hydrogens is 398 g/mol. The zero-order valence-corrected chi connectivity index (χ0v) is 18.5. The minimum Gasteiger partial charge on any atom is -0.347 e. The van der Waals surface area contributed by atoms with Crippen LogP contribution in [-0.4, -0.2) is 45.1 Å². The summed E-state index contributed by atoms with van der Waals surface area (Å²) in [5.74, 6) is -0.309. The highest BCUT2D eigenvalue weighted by molar-refractivity contribution is 7.88. The molecule has 3 rings (SSSR count). The van der Waals surface area contributed by atoms with Crippen molar-refractivity contribution in [2.45, 2.75) is 38.3 Å². The van der Waals surface area contributed by atoms with Crippen LogP contribution in [0, 0.1) is 0 Å². The summed E-state index contributed by atoms with van der Waals surface area (Å²) < 4.78 is 25.0. The summed E-state index contributed by atoms with van der Waals surface area (Å²) in [7, 11) is -3.23. The Kier molecular flexibility index (Phi) is 7.64. The Morgan fingerprint density at radius 1 is 1.00 bits per heavy atom. The highest BCUT2D eigenvalue weighted by atomic mass is 32.2. The van der Waals surface area contributed by atoms with Crippen molar-refractivity contribution in [1.29, 1.82) is 0 Å². The molecule has 162 valence electrons. The summed E-state index contributed by atoms with van der Waals surface area (Å²) in [5, 5.41) is 3.25. The average molecular weight is 430 g/mol. The predicted octanol–water partition coefficient (Wildman–Crippen LogP) is 2.79. The van der Waals surface area contributed by atoms with Crippen molar-refractivity contribution in [1.82, 2.24) is 14.9 Å². The lowest BCUT2D eigenvalue weighted by Gasteiger charge is -2.26. The van der Waals surface area contributed by atoms with Crippen LogP contribution in [0.2, 0.25) is 0 Å². The van der Waals surface area contributed by atoms with Gasteiger partial charge < -0.3 is 10.2 Å². The molecule has 0 aromatic heterocycles. The fraction of sp³-hybridized carbons (Fsp3) is 0.435. The maximum Gasteiger partial charge on any atom is 0.227 e. The SMILES string of the molecule is CC(C(=O)NC(CN1CCCC1)c1ccccc1)c1ccc(CNS(C)(=O)=O)cc1. The standard InChI is InChI=1S/C23H31N3O3S/c1-18(20-12-10-19(11-13-20)16-24-30(2,28)29)23(27)25-22(17-26-14-6-7-15-26)21-8-4-3-5-9-21/h3-5,8-13,18,22,24H,6-7,14-17H2,1-2H3,(H,25,27). The van der Waals surface area contributed by atoms with Crippen LogP contribution < -0.4 is 10.0 Å². The van der Waals surface area contributed by atoms with Gasteiger partial charge in [0.1, 0.15) is 0 Å². The summed E-state index contributed by atoms with van der Waals surface area (Å²) in [6.07, 6.45) is 3.57. The minimum atomic E-state index is -3.23. The molecule has 0 aliphatic carbocycles. The highest BCUT2D eigenvalue weighted by Gasteiger charge is 2.23. The molecule has 7 heteroatoms. The first-order chi connectivity index (χ1) is 14.3. The second-order valence-corrected chi connectivity index (χ2v) is 9.87. The van der Waals surface area contributed by atoms with Crippen molar-refractivity contribution >= 4 is 15.9 Å². The van der Waals surface area contributed by atoms with Gasteiger partial charge in [-0.1, -0.05) is 54.6 Å². The Balaban J connectivity index is 1.65. The Bertz CT molecular complexity index is 924. The molecule has 2 unspecified atom stereocenters. The minimum absolute atomic E-state index is 0.00920. The van der Waals surface area contributed by atoms with E-state index in [-0.39, 0.29) is 24.4 Å². The van der Waals surface area contributed by atoms with E-state index < -0.39 is 10.0 Å². The van der Waals surface area contributed by atoms with Crippen LogP contribution >= 0.6 is 0 Å². The Morgan fingerprint density at radius 2 is 1.63 bits per heavy atom. The van der Waals surface area contributed by atoms with Gasteiger partial charge in [0.05, 0.1) is 18.2 Å². The molecule has 0 radical (unpaired) electrons. The van der Waals surface area contributed by atoms with Crippen LogP contribution in [0.1, 0.15) is 48.4 Å². The average Bonchev–Trinajstić information content (AvgIpc) is 3.25. The summed E-state index contributed by atoms with van der Waals surface area (Å²) in [4.78, 5) is 15.4. The molecule has 1 aliphatic heterocycles. The van der Waals surface area contributed by atoms with Crippen LogP contribution in [0.25, 0.3) is 0 Å². The molecule has 1 amide bonds. The van der Waals surface area contributed by atoms with Crippen molar-refractivity contribution in [3.63, 3.8) is 0 Å². The molecule has 0 spiro atoms. The van der Waals surface area contributed by atoms with Crippen LogP contribution in [0.15, 0.2) is 54.6 Å². The summed E-state index contributed by atoms with van der Waals surface area (Å²) in [5.41, 5.74) is 2.88. The van der Waals surface area contributed by atoms with Gasteiger partial charge in [-0.25, -0.2) is 13.1 Å². The first-order valence-electron chi connectivity index (χ1n) is 10.4. The van der Waals surface area contributed by atoms with Crippen molar-refractivity contribution < 1.29 is 13.2 Å². The van der Waals surface area contributed by atoms with E-state index in [0.717, 1.165) is 42.6 Å². The lowest BCUT2D eigenvalue weighted by Crippen LogP contribution is -2.38. The molecule has 6 nitrogen and oxygen atoms in total. The van der Waals surface area contributed by atoms with E-state index in [9.17, 15) is 13.2 Å². The van der Waals surface area contributed by atoms with Crippen molar-refractivity contribution in [3.05, 3.63) is 71.3 Å². The normalized spacial score (nSPS) is 16.9. The molecule has 2 aromatic carbocycles. The van der Waals surface area contributed by atoms with E-state index in [1.54, 1.807) is 0 Å². The number of sulfonamides is 1. The van der Waals surface area contributed by atoms with Crippen LogP contribution in [0.4, 0.5) is 0 Å². The molecule has 30 heavy (non-hydrogen) atoms. The number of carbonyl (C=O) groups excluding carboxylic acids is 1. The van der Waals surface area contributed by atoms with E-state index in [1.165, 1.54) is 12.8 Å². The fourth-order valence-electron chi connectivity index (χ4n) is 3.73. The largest absolute Gasteiger partial charge is 0.347 e. The Morgan fingerprint density at radius 3 is 2.23 bits per heavy atom. The number of nitrogens with one attached hydrogen (secondary N) is 2. The van der Waals surface area contributed by atoms with E-state index in [2.05, 4.69) is 27.1 Å². The van der Waals surface area contributed by atoms with Gasteiger partial charge in [0.25, 0.3) is 0 Å². The molecule has 1 saturated heterocycles. The molecule has 0 saturated carbocycles. The van der Waals surface area contributed by atoms with Crippen molar-refractivity contribution in [2.75, 3.05) is 25.9 Å². The van der Waals surface area contributed by atoms with Crippen LogP contribution in [0.3, 0.4) is 0 Å². The van der Waals surface area contributed by atoms with E-state index in [4.69, 9.17) is 0 Å². The van der Waals surface area contributed by atoms with E-state index in [0.29, 0.717) is 0 Å². The number of amides is 1. The molecule has 2 N–H and O–H groups in total. The van der Waals surface area contributed by atoms with Crippen molar-refractivity contribution in [3.8, 4) is 0 Å². The number of hydrogen-bond donors (Lipinski definition) is 2. The lowest BCUT2D eigenvalue weighted by atomic mass is 9.97. The number of carbonyl (C=O) groups is 1. The Labute approximate surface area is 179 Å². The number of nitrogens with zero attached hydrogens (tertiary/aromatic N) is 1. The maximum absolute atomic E-state index is 13.0. The number of likely N-dealkylation sites (tertiary alicyclic amines) is 1. The second kappa shape index (κ2) is 10.2. The van der Waals surface area contributed by atoms with Gasteiger partial charge in [0.2, 0.25) is 15.9 Å². The van der Waals surface area contributed by atoms with Crippen LogP contribution in [0.5, 0.6) is 0 Å². The molecule has 1 aliphatic rings. The van der Waals surface area contributed by atoms with Gasteiger partial charge in [0.15, 0.2) is 0 Å².